The van der Waals surface area contributed by atoms with Crippen molar-refractivity contribution < 1.29 is 8.42 Å². The van der Waals surface area contributed by atoms with Crippen LogP contribution in [-0.2, 0) is 10.0 Å². The van der Waals surface area contributed by atoms with Crippen LogP contribution in [0.4, 0.5) is 0 Å². The van der Waals surface area contributed by atoms with E-state index in [0.717, 1.165) is 0 Å². The van der Waals surface area contributed by atoms with Crippen LogP contribution >= 0.6 is 27.3 Å². The van der Waals surface area contributed by atoms with E-state index in [0.29, 0.717) is 21.1 Å². The number of thiophene rings is 1. The predicted molar refractivity (Wildman–Crippen MR) is 79.5 cm³/mol. The molecule has 0 bridgehead atoms. The van der Waals surface area contributed by atoms with Crippen LogP contribution in [0.25, 0.3) is 0 Å². The third-order valence-electron chi connectivity index (χ3n) is 2.74. The molecule has 0 aliphatic heterocycles. The molecule has 0 fully saturated rings. The highest BCUT2D eigenvalue weighted by molar-refractivity contribution is 9.10. The molecule has 104 valence electrons. The number of nitrogens with one attached hydrogen (secondary N) is 1. The van der Waals surface area contributed by atoms with E-state index in [1.165, 1.54) is 11.3 Å². The van der Waals surface area contributed by atoms with Crippen LogP contribution in [0.1, 0.15) is 13.8 Å². The van der Waals surface area contributed by atoms with E-state index >= 15 is 0 Å². The molecule has 0 radical (unpaired) electrons. The number of hydrogen-bond acceptors (Lipinski definition) is 4. The van der Waals surface area contributed by atoms with Crippen molar-refractivity contribution in [3.05, 3.63) is 15.9 Å². The summed E-state index contributed by atoms with van der Waals surface area (Å²) in [7, 11) is 0.502. The molecule has 0 saturated carbocycles. The predicted octanol–water partition coefficient (Wildman–Crippen LogP) is 2.38. The highest BCUT2D eigenvalue weighted by Crippen LogP contribution is 2.27. The number of halogens is 1. The van der Waals surface area contributed by atoms with Gasteiger partial charge in [-0.2, -0.15) is 0 Å². The van der Waals surface area contributed by atoms with Crippen molar-refractivity contribution in [2.24, 2.45) is 5.92 Å². The van der Waals surface area contributed by atoms with E-state index in [1.54, 1.807) is 11.4 Å². The van der Waals surface area contributed by atoms with Gasteiger partial charge in [-0.15, -0.1) is 11.3 Å². The topological polar surface area (TPSA) is 49.4 Å². The van der Waals surface area contributed by atoms with Crippen molar-refractivity contribution in [1.29, 1.82) is 0 Å². The summed E-state index contributed by atoms with van der Waals surface area (Å²) in [5, 5.41) is 1.75. The van der Waals surface area contributed by atoms with Gasteiger partial charge >= 0.3 is 0 Å². The zero-order valence-electron chi connectivity index (χ0n) is 11.0. The summed E-state index contributed by atoms with van der Waals surface area (Å²) < 4.78 is 27.9. The number of rotatable bonds is 6. The van der Waals surface area contributed by atoms with Crippen LogP contribution in [0.15, 0.2) is 20.1 Å². The molecule has 0 aliphatic rings. The standard InChI is InChI=1S/C11H19BrN2O2S2/c1-8(2)10(14(3)4)7-13-18(15,16)11-9(12)5-6-17-11/h5-6,8,10,13H,7H2,1-4H3. The van der Waals surface area contributed by atoms with Crippen molar-refractivity contribution >= 4 is 37.3 Å². The summed E-state index contributed by atoms with van der Waals surface area (Å²) in [5.74, 6) is 0.384. The summed E-state index contributed by atoms with van der Waals surface area (Å²) in [6.45, 7) is 4.58. The number of sulfonamides is 1. The molecule has 4 nitrogen and oxygen atoms in total. The molecule has 18 heavy (non-hydrogen) atoms. The third kappa shape index (κ3) is 4.03. The first-order chi connectivity index (χ1) is 8.25. The van der Waals surface area contributed by atoms with Gasteiger partial charge in [0, 0.05) is 17.1 Å². The van der Waals surface area contributed by atoms with Gasteiger partial charge in [0.05, 0.1) is 0 Å². The zero-order valence-corrected chi connectivity index (χ0v) is 14.2. The third-order valence-corrected chi connectivity index (χ3v) is 6.84. The quantitative estimate of drug-likeness (QED) is 0.852. The highest BCUT2D eigenvalue weighted by atomic mass is 79.9. The van der Waals surface area contributed by atoms with E-state index in [2.05, 4.69) is 34.5 Å². The van der Waals surface area contributed by atoms with Gasteiger partial charge in [-0.05, 0) is 47.4 Å². The smallest absolute Gasteiger partial charge is 0.251 e. The molecule has 0 aliphatic carbocycles. The van der Waals surface area contributed by atoms with Gasteiger partial charge < -0.3 is 4.90 Å². The second-order valence-corrected chi connectivity index (χ2v) is 8.42. The van der Waals surface area contributed by atoms with Crippen molar-refractivity contribution in [3.8, 4) is 0 Å². The minimum absolute atomic E-state index is 0.179. The Morgan fingerprint density at radius 1 is 1.44 bits per heavy atom. The number of likely N-dealkylation sites (N-methyl/N-ethyl adjacent to an activating group) is 1. The normalized spacial score (nSPS) is 14.4. The van der Waals surface area contributed by atoms with Crippen LogP contribution < -0.4 is 4.72 Å². The highest BCUT2D eigenvalue weighted by Gasteiger charge is 2.22. The maximum atomic E-state index is 12.1. The zero-order chi connectivity index (χ0) is 13.9. The van der Waals surface area contributed by atoms with Crippen molar-refractivity contribution in [1.82, 2.24) is 9.62 Å². The lowest BCUT2D eigenvalue weighted by Gasteiger charge is -2.27. The molecule has 0 spiro atoms. The average molecular weight is 355 g/mol. The molecule has 1 heterocycles. The second kappa shape index (κ2) is 6.47. The van der Waals surface area contributed by atoms with Gasteiger partial charge in [-0.25, -0.2) is 13.1 Å². The van der Waals surface area contributed by atoms with Crippen LogP contribution in [0.2, 0.25) is 0 Å². The Hall–Kier alpha value is 0.0500. The summed E-state index contributed by atoms with van der Waals surface area (Å²) in [5.41, 5.74) is 0. The summed E-state index contributed by atoms with van der Waals surface area (Å²) in [4.78, 5) is 2.04. The van der Waals surface area contributed by atoms with Gasteiger partial charge in [-0.1, -0.05) is 13.8 Å². The maximum Gasteiger partial charge on any atom is 0.251 e. The van der Waals surface area contributed by atoms with E-state index in [-0.39, 0.29) is 6.04 Å². The van der Waals surface area contributed by atoms with E-state index < -0.39 is 10.0 Å². The van der Waals surface area contributed by atoms with Crippen LogP contribution in [0, 0.1) is 5.92 Å². The first-order valence-electron chi connectivity index (χ1n) is 5.64. The second-order valence-electron chi connectivity index (χ2n) is 4.68. The van der Waals surface area contributed by atoms with Gasteiger partial charge in [-0.3, -0.25) is 0 Å². The molecule has 1 aromatic rings. The molecule has 1 unspecified atom stereocenters. The van der Waals surface area contributed by atoms with Crippen LogP contribution in [0.3, 0.4) is 0 Å². The minimum atomic E-state index is -3.41. The Morgan fingerprint density at radius 3 is 2.44 bits per heavy atom. The molecule has 1 atom stereocenters. The fourth-order valence-corrected chi connectivity index (χ4v) is 5.18. The SMILES string of the molecule is CC(C)C(CNS(=O)(=O)c1sccc1Br)N(C)C. The molecule has 0 aromatic carbocycles. The molecule has 0 amide bonds. The van der Waals surface area contributed by atoms with Crippen LogP contribution in [-0.4, -0.2) is 40.0 Å². The average Bonchev–Trinajstić information content (AvgIpc) is 2.63. The van der Waals surface area contributed by atoms with Gasteiger partial charge in [0.1, 0.15) is 4.21 Å². The molecular formula is C11H19BrN2O2S2. The fourth-order valence-electron chi connectivity index (χ4n) is 1.75. The lowest BCUT2D eigenvalue weighted by Crippen LogP contribution is -2.43. The van der Waals surface area contributed by atoms with Crippen molar-refractivity contribution in [2.75, 3.05) is 20.6 Å². The number of hydrogen-bond donors (Lipinski definition) is 1. The summed E-state index contributed by atoms with van der Waals surface area (Å²) in [6.07, 6.45) is 0. The molecule has 1 N–H and O–H groups in total. The first kappa shape index (κ1) is 16.1. The van der Waals surface area contributed by atoms with E-state index in [4.69, 9.17) is 0 Å². The Morgan fingerprint density at radius 2 is 2.06 bits per heavy atom. The monoisotopic (exact) mass is 354 g/mol. The lowest BCUT2D eigenvalue weighted by atomic mass is 10.0. The number of nitrogens with zero attached hydrogens (tertiary/aromatic N) is 1. The molecule has 7 heteroatoms. The van der Waals surface area contributed by atoms with E-state index in [1.807, 2.05) is 19.0 Å². The fraction of sp³-hybridized carbons (Fsp3) is 0.636. The van der Waals surface area contributed by atoms with Gasteiger partial charge in [0.25, 0.3) is 10.0 Å². The Bertz CT molecular complexity index is 475. The van der Waals surface area contributed by atoms with Crippen molar-refractivity contribution in [2.45, 2.75) is 24.1 Å². The molecule has 1 aromatic heterocycles. The largest absolute Gasteiger partial charge is 0.305 e. The van der Waals surface area contributed by atoms with Crippen molar-refractivity contribution in [3.63, 3.8) is 0 Å². The van der Waals surface area contributed by atoms with Gasteiger partial charge in [0.2, 0.25) is 0 Å². The Labute approximate surface area is 122 Å². The molecule has 1 rings (SSSR count). The van der Waals surface area contributed by atoms with Crippen LogP contribution in [0.5, 0.6) is 0 Å². The Kier molecular flexibility index (Phi) is 5.79. The summed E-state index contributed by atoms with van der Waals surface area (Å²) in [6, 6.07) is 1.92. The van der Waals surface area contributed by atoms with E-state index in [9.17, 15) is 8.42 Å². The summed E-state index contributed by atoms with van der Waals surface area (Å²) >= 11 is 4.46. The maximum absolute atomic E-state index is 12.1. The Balaban J connectivity index is 2.76. The van der Waals surface area contributed by atoms with Gasteiger partial charge in [0.15, 0.2) is 0 Å². The first-order valence-corrected chi connectivity index (χ1v) is 8.80. The lowest BCUT2D eigenvalue weighted by molar-refractivity contribution is 0.233. The molecule has 0 saturated heterocycles. The minimum Gasteiger partial charge on any atom is -0.305 e. The molecular weight excluding hydrogens is 336 g/mol.